The molecule has 0 saturated heterocycles. The van der Waals surface area contributed by atoms with Crippen LogP contribution in [0.3, 0.4) is 0 Å². The van der Waals surface area contributed by atoms with E-state index >= 15 is 0 Å². The van der Waals surface area contributed by atoms with Crippen LogP contribution in [0.15, 0.2) is 59.5 Å². The van der Waals surface area contributed by atoms with Crippen molar-refractivity contribution in [2.45, 2.75) is 49.2 Å². The van der Waals surface area contributed by atoms with E-state index in [1.54, 1.807) is 7.11 Å². The fourth-order valence-corrected chi connectivity index (χ4v) is 7.33. The standard InChI is InChI=1S/C27H30O2S/c1-29-25-14-19(7-9-23(25)18-30-24-5-3-2-4-6-24)8-10-26(28)27-15-20-11-21(16-27)13-22(12-20)17-27/h2-10,14,20-22H,11-13,15-18H2,1H3/b10-8+. The van der Waals surface area contributed by atoms with Crippen molar-refractivity contribution in [1.29, 1.82) is 0 Å². The molecule has 0 aliphatic heterocycles. The first-order chi connectivity index (χ1) is 14.6. The van der Waals surface area contributed by atoms with E-state index in [0.29, 0.717) is 5.78 Å². The van der Waals surface area contributed by atoms with Crippen LogP contribution >= 0.6 is 11.8 Å². The molecule has 156 valence electrons. The van der Waals surface area contributed by atoms with Crippen molar-refractivity contribution >= 4 is 23.6 Å². The Balaban J connectivity index is 1.28. The molecule has 4 saturated carbocycles. The van der Waals surface area contributed by atoms with Gasteiger partial charge in [-0.1, -0.05) is 36.4 Å². The molecule has 0 N–H and O–H groups in total. The predicted octanol–water partition coefficient (Wildman–Crippen LogP) is 6.79. The van der Waals surface area contributed by atoms with Gasteiger partial charge in [-0.25, -0.2) is 0 Å². The van der Waals surface area contributed by atoms with Crippen LogP contribution in [-0.4, -0.2) is 12.9 Å². The summed E-state index contributed by atoms with van der Waals surface area (Å²) in [6.45, 7) is 0. The van der Waals surface area contributed by atoms with Crippen LogP contribution in [0.25, 0.3) is 6.08 Å². The van der Waals surface area contributed by atoms with Crippen molar-refractivity contribution in [1.82, 2.24) is 0 Å². The van der Waals surface area contributed by atoms with Crippen molar-refractivity contribution in [3.8, 4) is 5.75 Å². The van der Waals surface area contributed by atoms with Crippen molar-refractivity contribution in [3.05, 3.63) is 65.7 Å². The lowest BCUT2D eigenvalue weighted by atomic mass is 9.48. The van der Waals surface area contributed by atoms with Crippen molar-refractivity contribution in [3.63, 3.8) is 0 Å². The van der Waals surface area contributed by atoms with Gasteiger partial charge in [-0.05, 0) is 86.1 Å². The van der Waals surface area contributed by atoms with Gasteiger partial charge in [-0.3, -0.25) is 4.79 Å². The molecule has 30 heavy (non-hydrogen) atoms. The molecule has 0 radical (unpaired) electrons. The van der Waals surface area contributed by atoms with Gasteiger partial charge in [0.25, 0.3) is 0 Å². The van der Waals surface area contributed by atoms with Gasteiger partial charge in [0.05, 0.1) is 7.11 Å². The van der Waals surface area contributed by atoms with E-state index in [9.17, 15) is 4.79 Å². The monoisotopic (exact) mass is 418 g/mol. The van der Waals surface area contributed by atoms with E-state index in [0.717, 1.165) is 54.1 Å². The summed E-state index contributed by atoms with van der Waals surface area (Å²) in [4.78, 5) is 14.5. The third-order valence-electron chi connectivity index (χ3n) is 7.44. The van der Waals surface area contributed by atoms with Crippen molar-refractivity contribution in [2.75, 3.05) is 7.11 Å². The maximum Gasteiger partial charge on any atom is 0.161 e. The van der Waals surface area contributed by atoms with Crippen molar-refractivity contribution in [2.24, 2.45) is 23.2 Å². The Morgan fingerprint density at radius 3 is 2.33 bits per heavy atom. The minimum atomic E-state index is -0.0540. The van der Waals surface area contributed by atoms with Crippen LogP contribution in [0, 0.1) is 23.2 Å². The van der Waals surface area contributed by atoms with Gasteiger partial charge in [-0.2, -0.15) is 0 Å². The second kappa shape index (κ2) is 8.26. The minimum Gasteiger partial charge on any atom is -0.496 e. The van der Waals surface area contributed by atoms with E-state index in [2.05, 4.69) is 42.5 Å². The fraction of sp³-hybridized carbons (Fsp3) is 0.444. The Morgan fingerprint density at radius 2 is 1.70 bits per heavy atom. The Bertz CT molecular complexity index is 911. The van der Waals surface area contributed by atoms with Crippen LogP contribution < -0.4 is 4.74 Å². The molecule has 0 aromatic heterocycles. The van der Waals surface area contributed by atoms with Crippen LogP contribution in [0.1, 0.15) is 49.7 Å². The second-order valence-corrected chi connectivity index (χ2v) is 10.6. The molecule has 0 unspecified atom stereocenters. The number of methoxy groups -OCH3 is 1. The van der Waals surface area contributed by atoms with Crippen molar-refractivity contribution < 1.29 is 9.53 Å². The summed E-state index contributed by atoms with van der Waals surface area (Å²) in [5.74, 6) is 4.52. The molecule has 2 nitrogen and oxygen atoms in total. The molecule has 0 atom stereocenters. The highest BCUT2D eigenvalue weighted by Crippen LogP contribution is 2.60. The summed E-state index contributed by atoms with van der Waals surface area (Å²) in [5, 5.41) is 0. The number of carbonyl (C=O) groups is 1. The first-order valence-electron chi connectivity index (χ1n) is 11.2. The first kappa shape index (κ1) is 19.9. The number of rotatable bonds is 7. The molecular weight excluding hydrogens is 388 g/mol. The summed E-state index contributed by atoms with van der Waals surface area (Å²) in [5.41, 5.74) is 2.16. The number of thioether (sulfide) groups is 1. The Hall–Kier alpha value is -2.00. The minimum absolute atomic E-state index is 0.0540. The van der Waals surface area contributed by atoms with Gasteiger partial charge in [0.15, 0.2) is 5.78 Å². The lowest BCUT2D eigenvalue weighted by Crippen LogP contribution is -2.49. The van der Waals surface area contributed by atoms with E-state index in [4.69, 9.17) is 4.74 Å². The largest absolute Gasteiger partial charge is 0.496 e. The number of ether oxygens (including phenoxy) is 1. The number of benzene rings is 2. The average Bonchev–Trinajstić information content (AvgIpc) is 2.76. The normalized spacial score (nSPS) is 29.4. The lowest BCUT2D eigenvalue weighted by molar-refractivity contribution is -0.138. The van der Waals surface area contributed by atoms with E-state index in [1.807, 2.05) is 30.0 Å². The third-order valence-corrected chi connectivity index (χ3v) is 8.50. The van der Waals surface area contributed by atoms with Crippen LogP contribution in [0.5, 0.6) is 5.75 Å². The second-order valence-electron chi connectivity index (χ2n) is 9.57. The third kappa shape index (κ3) is 3.97. The SMILES string of the molecule is COc1cc(/C=C/C(=O)C23CC4CC(CC(C4)C2)C3)ccc1CSc1ccccc1. The summed E-state index contributed by atoms with van der Waals surface area (Å²) in [6.07, 6.45) is 11.4. The molecule has 0 heterocycles. The summed E-state index contributed by atoms with van der Waals surface area (Å²) >= 11 is 1.81. The smallest absolute Gasteiger partial charge is 0.161 e. The van der Waals surface area contributed by atoms with Crippen LogP contribution in [-0.2, 0) is 10.5 Å². The number of allylic oxidation sites excluding steroid dienone is 1. The zero-order chi connectivity index (χ0) is 20.6. The zero-order valence-corrected chi connectivity index (χ0v) is 18.5. The maximum absolute atomic E-state index is 13.2. The average molecular weight is 419 g/mol. The number of hydrogen-bond donors (Lipinski definition) is 0. The maximum atomic E-state index is 13.2. The molecule has 2 aromatic carbocycles. The van der Waals surface area contributed by atoms with Gasteiger partial charge in [0, 0.05) is 21.6 Å². The molecular formula is C27H30O2S. The number of ketones is 1. The molecule has 2 aromatic rings. The molecule has 0 amide bonds. The summed E-state index contributed by atoms with van der Waals surface area (Å²) in [7, 11) is 1.72. The van der Waals surface area contributed by atoms with Gasteiger partial charge < -0.3 is 4.74 Å². The Morgan fingerprint density at radius 1 is 1.03 bits per heavy atom. The number of carbonyl (C=O) groups excluding carboxylic acids is 1. The van der Waals surface area contributed by atoms with Gasteiger partial charge in [0.2, 0.25) is 0 Å². The first-order valence-corrected chi connectivity index (χ1v) is 12.2. The number of hydrogen-bond acceptors (Lipinski definition) is 3. The highest BCUT2D eigenvalue weighted by molar-refractivity contribution is 7.98. The highest BCUT2D eigenvalue weighted by Gasteiger charge is 2.53. The van der Waals surface area contributed by atoms with Gasteiger partial charge in [0.1, 0.15) is 5.75 Å². The molecule has 6 rings (SSSR count). The van der Waals surface area contributed by atoms with Gasteiger partial charge in [-0.15, -0.1) is 11.8 Å². The Kier molecular flexibility index (Phi) is 5.49. The molecule has 4 aliphatic carbocycles. The fourth-order valence-electron chi connectivity index (χ4n) is 6.42. The van der Waals surface area contributed by atoms with E-state index in [-0.39, 0.29) is 5.41 Å². The Labute approximate surface area is 184 Å². The highest BCUT2D eigenvalue weighted by atomic mass is 32.2. The van der Waals surface area contributed by atoms with E-state index < -0.39 is 0 Å². The summed E-state index contributed by atoms with van der Waals surface area (Å²) < 4.78 is 5.65. The van der Waals surface area contributed by atoms with E-state index in [1.165, 1.54) is 29.7 Å². The molecule has 3 heteroatoms. The predicted molar refractivity (Wildman–Crippen MR) is 124 cm³/mol. The zero-order valence-electron chi connectivity index (χ0n) is 17.7. The summed E-state index contributed by atoms with van der Waals surface area (Å²) in [6, 6.07) is 16.7. The van der Waals surface area contributed by atoms with Crippen LogP contribution in [0.2, 0.25) is 0 Å². The molecule has 0 spiro atoms. The van der Waals surface area contributed by atoms with Gasteiger partial charge >= 0.3 is 0 Å². The van der Waals surface area contributed by atoms with Crippen LogP contribution in [0.4, 0.5) is 0 Å². The molecule has 4 bridgehead atoms. The topological polar surface area (TPSA) is 26.3 Å². The lowest BCUT2D eigenvalue weighted by Gasteiger charge is -2.55. The quantitative estimate of drug-likeness (QED) is 0.366. The molecule has 4 fully saturated rings. The molecule has 4 aliphatic rings.